The Morgan fingerprint density at radius 2 is 2.57 bits per heavy atom. The minimum absolute atomic E-state index is 0.227. The van der Waals surface area contributed by atoms with Crippen LogP contribution in [-0.4, -0.2) is 5.16 Å². The Kier molecular flexibility index (Phi) is 0.906. The summed E-state index contributed by atoms with van der Waals surface area (Å²) in [5.41, 5.74) is -0.454. The van der Waals surface area contributed by atoms with Crippen LogP contribution in [0.25, 0.3) is 0 Å². The van der Waals surface area contributed by atoms with Gasteiger partial charge in [0.05, 0.1) is 6.07 Å². The monoisotopic (exact) mass is 119 g/mol. The molecule has 0 radical (unpaired) electrons. The number of aromatic nitrogens is 1. The number of rotatable bonds is 0. The Balaban J connectivity index is 3.30. The van der Waals surface area contributed by atoms with Gasteiger partial charge in [0.25, 0.3) is 0 Å². The summed E-state index contributed by atoms with van der Waals surface area (Å²) in [6.07, 6.45) is 0. The number of hydrogen-bond acceptors (Lipinski definition) is 2. The Hall–Kier alpha value is -0.700. The molecule has 0 aliphatic carbocycles. The maximum absolute atomic E-state index is 10.0. The fraction of sp³-hybridized carbons (Fsp3) is 0. The van der Waals surface area contributed by atoms with Crippen LogP contribution in [0.1, 0.15) is 0 Å². The van der Waals surface area contributed by atoms with E-state index in [1.807, 2.05) is 0 Å². The molecule has 4 heteroatoms. The molecule has 1 aromatic rings. The lowest BCUT2D eigenvalue weighted by Gasteiger charge is -1.63. The fourth-order valence-electron chi connectivity index (χ4n) is 0.261. The molecule has 0 aliphatic rings. The summed E-state index contributed by atoms with van der Waals surface area (Å²) in [4.78, 5) is 10.0. The largest absolute Gasteiger partial charge is 0.358 e. The van der Waals surface area contributed by atoms with E-state index in [4.69, 9.17) is 11.6 Å². The fourth-order valence-corrected chi connectivity index (χ4v) is 0.389. The molecule has 0 spiro atoms. The first kappa shape index (κ1) is 4.46. The second-order valence-corrected chi connectivity index (χ2v) is 1.42. The van der Waals surface area contributed by atoms with Crippen LogP contribution >= 0.6 is 11.6 Å². The number of hydrogen-bond donors (Lipinski definition) is 1. The van der Waals surface area contributed by atoms with Crippen LogP contribution in [0.2, 0.25) is 5.15 Å². The van der Waals surface area contributed by atoms with Gasteiger partial charge in [-0.15, -0.1) is 0 Å². The molecule has 0 aromatic carbocycles. The first-order chi connectivity index (χ1) is 3.29. The van der Waals surface area contributed by atoms with Crippen molar-refractivity contribution in [3.63, 3.8) is 0 Å². The van der Waals surface area contributed by atoms with Crippen molar-refractivity contribution in [2.24, 2.45) is 0 Å². The van der Waals surface area contributed by atoms with Gasteiger partial charge in [-0.1, -0.05) is 11.6 Å². The molecule has 0 bridgehead atoms. The van der Waals surface area contributed by atoms with E-state index in [1.54, 1.807) is 0 Å². The molecule has 1 heterocycles. The smallest absolute Gasteiger partial charge is 0.338 e. The quantitative estimate of drug-likeness (QED) is 0.544. The van der Waals surface area contributed by atoms with E-state index in [0.29, 0.717) is 0 Å². The summed E-state index contributed by atoms with van der Waals surface area (Å²) in [5, 5.41) is 2.37. The number of nitrogens with one attached hydrogen (secondary N) is 1. The lowest BCUT2D eigenvalue weighted by Crippen LogP contribution is -1.84. The molecular weight excluding hydrogens is 117 g/mol. The SMILES string of the molecule is O=c1cc(Cl)[nH]o1. The van der Waals surface area contributed by atoms with E-state index in [-0.39, 0.29) is 5.15 Å². The first-order valence-corrected chi connectivity index (χ1v) is 2.01. The van der Waals surface area contributed by atoms with Gasteiger partial charge in [0, 0.05) is 0 Å². The van der Waals surface area contributed by atoms with Gasteiger partial charge in [-0.3, -0.25) is 0 Å². The van der Waals surface area contributed by atoms with E-state index in [0.717, 1.165) is 6.07 Å². The molecule has 1 aromatic heterocycles. The highest BCUT2D eigenvalue weighted by Crippen LogP contribution is 1.94. The number of H-pyrrole nitrogens is 1. The predicted molar refractivity (Wildman–Crippen MR) is 24.3 cm³/mol. The van der Waals surface area contributed by atoms with Gasteiger partial charge in [0.1, 0.15) is 5.15 Å². The van der Waals surface area contributed by atoms with Crippen molar-refractivity contribution in [1.82, 2.24) is 5.16 Å². The van der Waals surface area contributed by atoms with Gasteiger partial charge in [0.2, 0.25) is 0 Å². The topological polar surface area (TPSA) is 46.0 Å². The lowest BCUT2D eigenvalue weighted by molar-refractivity contribution is 0.392. The average Bonchev–Trinajstić information content (AvgIpc) is 1.87. The summed E-state index contributed by atoms with van der Waals surface area (Å²) in [6, 6.07) is 1.15. The molecule has 0 aliphatic heterocycles. The van der Waals surface area contributed by atoms with Gasteiger partial charge in [0.15, 0.2) is 0 Å². The minimum atomic E-state index is -0.454. The zero-order valence-electron chi connectivity index (χ0n) is 3.27. The second kappa shape index (κ2) is 1.42. The van der Waals surface area contributed by atoms with E-state index < -0.39 is 5.63 Å². The summed E-state index contributed by atoms with van der Waals surface area (Å²) < 4.78 is 4.15. The van der Waals surface area contributed by atoms with Crippen molar-refractivity contribution < 1.29 is 4.52 Å². The normalized spacial score (nSPS) is 9.29. The Labute approximate surface area is 43.9 Å². The first-order valence-electron chi connectivity index (χ1n) is 1.63. The van der Waals surface area contributed by atoms with Crippen LogP contribution in [0.3, 0.4) is 0 Å². The third kappa shape index (κ3) is 0.838. The van der Waals surface area contributed by atoms with Crippen LogP contribution < -0.4 is 5.63 Å². The van der Waals surface area contributed by atoms with Crippen molar-refractivity contribution in [1.29, 1.82) is 0 Å². The highest BCUT2D eigenvalue weighted by Gasteiger charge is 1.87. The number of aromatic amines is 1. The molecule has 0 unspecified atom stereocenters. The second-order valence-electron chi connectivity index (χ2n) is 1.02. The highest BCUT2D eigenvalue weighted by molar-refractivity contribution is 6.29. The zero-order valence-corrected chi connectivity index (χ0v) is 4.03. The van der Waals surface area contributed by atoms with E-state index in [2.05, 4.69) is 9.68 Å². The molecule has 0 atom stereocenters. The van der Waals surface area contributed by atoms with Crippen LogP contribution in [0, 0.1) is 0 Å². The van der Waals surface area contributed by atoms with E-state index in [1.165, 1.54) is 0 Å². The van der Waals surface area contributed by atoms with Crippen molar-refractivity contribution in [3.8, 4) is 0 Å². The van der Waals surface area contributed by atoms with Crippen molar-refractivity contribution in [2.45, 2.75) is 0 Å². The van der Waals surface area contributed by atoms with Gasteiger partial charge in [-0.2, -0.15) is 0 Å². The highest BCUT2D eigenvalue weighted by atomic mass is 35.5. The van der Waals surface area contributed by atoms with Crippen molar-refractivity contribution in [3.05, 3.63) is 21.6 Å². The van der Waals surface area contributed by atoms with Crippen LogP contribution in [-0.2, 0) is 0 Å². The predicted octanol–water partition coefficient (Wildman–Crippen LogP) is 0.621. The van der Waals surface area contributed by atoms with Crippen molar-refractivity contribution >= 4 is 11.6 Å². The molecule has 0 amide bonds. The van der Waals surface area contributed by atoms with Crippen LogP contribution in [0.5, 0.6) is 0 Å². The Morgan fingerprint density at radius 1 is 1.86 bits per heavy atom. The number of halogens is 1. The molecule has 7 heavy (non-hydrogen) atoms. The van der Waals surface area contributed by atoms with Gasteiger partial charge in [-0.05, 0) is 0 Å². The molecule has 1 N–H and O–H groups in total. The summed E-state index contributed by atoms with van der Waals surface area (Å²) in [5.74, 6) is 0. The molecule has 0 saturated carbocycles. The van der Waals surface area contributed by atoms with Crippen LogP contribution in [0.15, 0.2) is 15.4 Å². The molecular formula is C3H2ClNO2. The summed E-state index contributed by atoms with van der Waals surface area (Å²) in [7, 11) is 0. The molecule has 0 saturated heterocycles. The van der Waals surface area contributed by atoms with Gasteiger partial charge < -0.3 is 4.52 Å². The standard InChI is InChI=1S/C3H2ClNO2/c4-2-1-3(6)7-5-2/h1,5H. The zero-order chi connectivity index (χ0) is 5.28. The third-order valence-electron chi connectivity index (χ3n) is 0.494. The van der Waals surface area contributed by atoms with E-state index in [9.17, 15) is 4.79 Å². The lowest BCUT2D eigenvalue weighted by atomic mass is 10.7. The Bertz CT molecular complexity index is 201. The van der Waals surface area contributed by atoms with Crippen molar-refractivity contribution in [2.75, 3.05) is 0 Å². The van der Waals surface area contributed by atoms with Crippen LogP contribution in [0.4, 0.5) is 0 Å². The molecule has 38 valence electrons. The maximum atomic E-state index is 10.0. The molecule has 0 fully saturated rings. The third-order valence-corrected chi connectivity index (χ3v) is 0.680. The summed E-state index contributed by atoms with van der Waals surface area (Å²) in [6.45, 7) is 0. The maximum Gasteiger partial charge on any atom is 0.358 e. The van der Waals surface area contributed by atoms with Gasteiger partial charge >= 0.3 is 5.63 Å². The molecule has 1 rings (SSSR count). The average molecular weight is 120 g/mol. The van der Waals surface area contributed by atoms with Gasteiger partial charge in [-0.25, -0.2) is 9.95 Å². The minimum Gasteiger partial charge on any atom is -0.338 e. The van der Waals surface area contributed by atoms with E-state index >= 15 is 0 Å². The Morgan fingerprint density at radius 3 is 2.71 bits per heavy atom. The molecule has 3 nitrogen and oxygen atoms in total. The summed E-state index contributed by atoms with van der Waals surface area (Å²) >= 11 is 5.21.